The second-order valence-corrected chi connectivity index (χ2v) is 9.43. The second-order valence-electron chi connectivity index (χ2n) is 7.06. The van der Waals surface area contributed by atoms with Gasteiger partial charge in [-0.1, -0.05) is 35.9 Å². The predicted octanol–water partition coefficient (Wildman–Crippen LogP) is 3.28. The summed E-state index contributed by atoms with van der Waals surface area (Å²) in [6, 6.07) is 15.5. The number of carbonyl (C=O) groups is 1. The summed E-state index contributed by atoms with van der Waals surface area (Å²) < 4.78 is 32.5. The maximum atomic E-state index is 12.7. The average Bonchev–Trinajstić information content (AvgIpc) is 2.74. The van der Waals surface area contributed by atoms with E-state index in [1.54, 1.807) is 54.4 Å². The van der Waals surface area contributed by atoms with Gasteiger partial charge in [0.25, 0.3) is 0 Å². The number of rotatable bonds is 7. The normalized spacial score (nSPS) is 15.8. The van der Waals surface area contributed by atoms with Gasteiger partial charge in [0, 0.05) is 31.1 Å². The molecule has 6 nitrogen and oxygen atoms in total. The first kappa shape index (κ1) is 21.6. The van der Waals surface area contributed by atoms with Gasteiger partial charge in [-0.15, -0.1) is 0 Å². The third kappa shape index (κ3) is 5.50. The summed E-state index contributed by atoms with van der Waals surface area (Å²) in [5.41, 5.74) is 0. The molecule has 0 saturated carbocycles. The summed E-state index contributed by atoms with van der Waals surface area (Å²) in [5, 5.41) is 0.601. The third-order valence-corrected chi connectivity index (χ3v) is 7.20. The van der Waals surface area contributed by atoms with E-state index in [0.29, 0.717) is 54.8 Å². The molecular formula is C21H25ClN2O4S. The van der Waals surface area contributed by atoms with Crippen LogP contribution in [0.4, 0.5) is 0 Å². The van der Waals surface area contributed by atoms with E-state index < -0.39 is 10.0 Å². The van der Waals surface area contributed by atoms with Crippen molar-refractivity contribution in [1.29, 1.82) is 0 Å². The number of likely N-dealkylation sites (N-methyl/N-ethyl adjacent to an activating group) is 1. The van der Waals surface area contributed by atoms with Gasteiger partial charge in [-0.3, -0.25) is 4.79 Å². The molecule has 0 spiro atoms. The van der Waals surface area contributed by atoms with Gasteiger partial charge in [0.1, 0.15) is 12.4 Å². The molecule has 1 amide bonds. The van der Waals surface area contributed by atoms with Crippen molar-refractivity contribution in [2.75, 3.05) is 33.3 Å². The number of sulfonamides is 1. The van der Waals surface area contributed by atoms with E-state index >= 15 is 0 Å². The fraction of sp³-hybridized carbons (Fsp3) is 0.381. The first-order valence-electron chi connectivity index (χ1n) is 9.56. The summed E-state index contributed by atoms with van der Waals surface area (Å²) in [5.74, 6) is 0.516. The Labute approximate surface area is 177 Å². The van der Waals surface area contributed by atoms with Crippen LogP contribution in [0.1, 0.15) is 12.8 Å². The van der Waals surface area contributed by atoms with Crippen molar-refractivity contribution in [3.05, 3.63) is 59.6 Å². The molecule has 0 unspecified atom stereocenters. The minimum Gasteiger partial charge on any atom is -0.492 e. The SMILES string of the molecule is CN(CCOc1cccc(Cl)c1)C(=O)C1CCN(S(=O)(=O)c2ccccc2)CC1. The molecule has 8 heteroatoms. The smallest absolute Gasteiger partial charge is 0.243 e. The molecule has 0 aliphatic carbocycles. The lowest BCUT2D eigenvalue weighted by Crippen LogP contribution is -2.44. The lowest BCUT2D eigenvalue weighted by atomic mass is 9.97. The zero-order chi connectivity index (χ0) is 20.9. The topological polar surface area (TPSA) is 66.9 Å². The minimum absolute atomic E-state index is 0.0245. The van der Waals surface area contributed by atoms with Gasteiger partial charge in [0.2, 0.25) is 15.9 Å². The summed E-state index contributed by atoms with van der Waals surface area (Å²) >= 11 is 5.93. The van der Waals surface area contributed by atoms with Gasteiger partial charge in [-0.2, -0.15) is 4.31 Å². The van der Waals surface area contributed by atoms with E-state index in [1.165, 1.54) is 4.31 Å². The fourth-order valence-corrected chi connectivity index (χ4v) is 5.03. The van der Waals surface area contributed by atoms with E-state index in [4.69, 9.17) is 16.3 Å². The van der Waals surface area contributed by atoms with Crippen molar-refractivity contribution in [3.63, 3.8) is 0 Å². The molecule has 3 rings (SSSR count). The lowest BCUT2D eigenvalue weighted by Gasteiger charge is -2.32. The van der Waals surface area contributed by atoms with Gasteiger partial charge in [0.05, 0.1) is 11.4 Å². The lowest BCUT2D eigenvalue weighted by molar-refractivity contribution is -0.135. The monoisotopic (exact) mass is 436 g/mol. The van der Waals surface area contributed by atoms with E-state index in [9.17, 15) is 13.2 Å². The Kier molecular flexibility index (Phi) is 7.16. The fourth-order valence-electron chi connectivity index (χ4n) is 3.36. The average molecular weight is 437 g/mol. The molecule has 1 aliphatic heterocycles. The number of benzene rings is 2. The summed E-state index contributed by atoms with van der Waals surface area (Å²) in [6.45, 7) is 1.51. The number of amides is 1. The largest absolute Gasteiger partial charge is 0.492 e. The van der Waals surface area contributed by atoms with Crippen LogP contribution in [0.2, 0.25) is 5.02 Å². The van der Waals surface area contributed by atoms with Crippen LogP contribution in [-0.2, 0) is 14.8 Å². The van der Waals surface area contributed by atoms with Crippen LogP contribution < -0.4 is 4.74 Å². The summed E-state index contributed by atoms with van der Waals surface area (Å²) in [6.07, 6.45) is 1.04. The van der Waals surface area contributed by atoms with E-state index in [-0.39, 0.29) is 11.8 Å². The number of carbonyl (C=O) groups excluding carboxylic acids is 1. The van der Waals surface area contributed by atoms with E-state index in [2.05, 4.69) is 0 Å². The minimum atomic E-state index is -3.50. The summed E-state index contributed by atoms with van der Waals surface area (Å²) in [7, 11) is -1.76. The number of ether oxygens (including phenoxy) is 1. The molecule has 1 heterocycles. The zero-order valence-electron chi connectivity index (χ0n) is 16.3. The van der Waals surface area contributed by atoms with Crippen molar-refractivity contribution >= 4 is 27.5 Å². The molecule has 1 aliphatic rings. The van der Waals surface area contributed by atoms with E-state index in [0.717, 1.165) is 0 Å². The molecule has 0 aromatic heterocycles. The number of hydrogen-bond acceptors (Lipinski definition) is 4. The molecule has 1 saturated heterocycles. The van der Waals surface area contributed by atoms with Gasteiger partial charge in [0.15, 0.2) is 0 Å². The predicted molar refractivity (Wildman–Crippen MR) is 113 cm³/mol. The molecule has 156 valence electrons. The van der Waals surface area contributed by atoms with Crippen LogP contribution >= 0.6 is 11.6 Å². The summed E-state index contributed by atoms with van der Waals surface area (Å²) in [4.78, 5) is 14.6. The number of hydrogen-bond donors (Lipinski definition) is 0. The molecule has 2 aromatic rings. The quantitative estimate of drug-likeness (QED) is 0.668. The van der Waals surface area contributed by atoms with Crippen molar-refractivity contribution < 1.29 is 17.9 Å². The Balaban J connectivity index is 1.48. The molecule has 0 N–H and O–H groups in total. The zero-order valence-corrected chi connectivity index (χ0v) is 17.9. The van der Waals surface area contributed by atoms with Crippen molar-refractivity contribution in [2.24, 2.45) is 5.92 Å². The van der Waals surface area contributed by atoms with Gasteiger partial charge < -0.3 is 9.64 Å². The first-order chi connectivity index (χ1) is 13.9. The number of piperidine rings is 1. The second kappa shape index (κ2) is 9.61. The van der Waals surface area contributed by atoms with Crippen LogP contribution in [0.25, 0.3) is 0 Å². The van der Waals surface area contributed by atoms with Gasteiger partial charge in [-0.05, 0) is 43.2 Å². The molecule has 0 atom stereocenters. The molecule has 29 heavy (non-hydrogen) atoms. The highest BCUT2D eigenvalue weighted by atomic mass is 35.5. The highest BCUT2D eigenvalue weighted by Gasteiger charge is 2.33. The Morgan fingerprint density at radius 3 is 2.48 bits per heavy atom. The molecule has 0 bridgehead atoms. The first-order valence-corrected chi connectivity index (χ1v) is 11.4. The van der Waals surface area contributed by atoms with Crippen LogP contribution in [0, 0.1) is 5.92 Å². The maximum Gasteiger partial charge on any atom is 0.243 e. The van der Waals surface area contributed by atoms with Crippen molar-refractivity contribution in [2.45, 2.75) is 17.7 Å². The highest BCUT2D eigenvalue weighted by molar-refractivity contribution is 7.89. The molecule has 2 aromatic carbocycles. The van der Waals surface area contributed by atoms with Crippen molar-refractivity contribution in [3.8, 4) is 5.75 Å². The third-order valence-electron chi connectivity index (χ3n) is 5.05. The molecule has 1 fully saturated rings. The molecule has 0 radical (unpaired) electrons. The standard InChI is InChI=1S/C21H25ClN2O4S/c1-23(14-15-28-19-7-5-6-18(22)16-19)21(25)17-10-12-24(13-11-17)29(26,27)20-8-3-2-4-9-20/h2-9,16-17H,10-15H2,1H3. The van der Waals surface area contributed by atoms with Crippen LogP contribution in [-0.4, -0.2) is 56.8 Å². The van der Waals surface area contributed by atoms with E-state index in [1.807, 2.05) is 12.1 Å². The van der Waals surface area contributed by atoms with Crippen molar-refractivity contribution in [1.82, 2.24) is 9.21 Å². The maximum absolute atomic E-state index is 12.7. The Morgan fingerprint density at radius 2 is 1.83 bits per heavy atom. The molecular weight excluding hydrogens is 412 g/mol. The Hall–Kier alpha value is -2.09. The van der Waals surface area contributed by atoms with Crippen LogP contribution in [0.15, 0.2) is 59.5 Å². The Bertz CT molecular complexity index is 929. The van der Waals surface area contributed by atoms with Crippen LogP contribution in [0.5, 0.6) is 5.75 Å². The van der Waals surface area contributed by atoms with Crippen LogP contribution in [0.3, 0.4) is 0 Å². The van der Waals surface area contributed by atoms with Gasteiger partial charge in [-0.25, -0.2) is 8.42 Å². The highest BCUT2D eigenvalue weighted by Crippen LogP contribution is 2.25. The number of nitrogens with zero attached hydrogens (tertiary/aromatic N) is 2. The Morgan fingerprint density at radius 1 is 1.14 bits per heavy atom. The van der Waals surface area contributed by atoms with Gasteiger partial charge >= 0.3 is 0 Å². The number of halogens is 1.